The maximum atomic E-state index is 12.9. The van der Waals surface area contributed by atoms with E-state index in [1.165, 1.54) is 44.2 Å². The molecule has 0 aliphatic carbocycles. The zero-order valence-electron chi connectivity index (χ0n) is 18.2. The average molecular weight is 480 g/mol. The molecule has 0 spiro atoms. The minimum Gasteiger partial charge on any atom is -0.465 e. The predicted molar refractivity (Wildman–Crippen MR) is 124 cm³/mol. The minimum absolute atomic E-state index is 0.0678. The van der Waals surface area contributed by atoms with E-state index in [1.54, 1.807) is 13.8 Å². The Morgan fingerprint density at radius 3 is 1.87 bits per heavy atom. The predicted octanol–water partition coefficient (Wildman–Crippen LogP) is 8.04. The van der Waals surface area contributed by atoms with Crippen LogP contribution in [-0.2, 0) is 14.3 Å². The zero-order chi connectivity index (χ0) is 22.6. The first kappa shape index (κ1) is 27.1. The third kappa shape index (κ3) is 7.94. The lowest BCUT2D eigenvalue weighted by Crippen LogP contribution is -2.42. The molecule has 0 radical (unpaired) electrons. The summed E-state index contributed by atoms with van der Waals surface area (Å²) in [6.07, 6.45) is 9.73. The van der Waals surface area contributed by atoms with Gasteiger partial charge in [-0.3, -0.25) is 9.59 Å². The summed E-state index contributed by atoms with van der Waals surface area (Å²) in [5.74, 6) is -1.19. The van der Waals surface area contributed by atoms with E-state index in [-0.39, 0.29) is 33.7 Å². The van der Waals surface area contributed by atoms with E-state index in [0.29, 0.717) is 6.61 Å². The van der Waals surface area contributed by atoms with Crippen LogP contribution in [0.2, 0.25) is 15.1 Å². The lowest BCUT2D eigenvalue weighted by atomic mass is 9.82. The maximum absolute atomic E-state index is 12.9. The normalized spacial score (nSPS) is 11.4. The van der Waals surface area contributed by atoms with Crippen LogP contribution in [0.1, 0.15) is 85.0 Å². The first-order valence-electron chi connectivity index (χ1n) is 10.9. The van der Waals surface area contributed by atoms with Gasteiger partial charge in [0, 0.05) is 6.07 Å². The summed E-state index contributed by atoms with van der Waals surface area (Å²) in [4.78, 5) is 25.7. The SMILES string of the molecule is CCCCCCCCCCOC(=O)C(CC)(CC)C(=O)Oc1cc(Cl)c(Cl)cc1Cl. The largest absolute Gasteiger partial charge is 0.465 e. The van der Waals surface area contributed by atoms with Crippen molar-refractivity contribution in [3.8, 4) is 5.75 Å². The summed E-state index contributed by atoms with van der Waals surface area (Å²) < 4.78 is 10.9. The number of esters is 2. The molecule has 1 aromatic rings. The van der Waals surface area contributed by atoms with Crippen LogP contribution in [-0.4, -0.2) is 18.5 Å². The molecular weight excluding hydrogens is 447 g/mol. The molecule has 0 atom stereocenters. The molecule has 0 bridgehead atoms. The van der Waals surface area contributed by atoms with Gasteiger partial charge in [-0.1, -0.05) is 101 Å². The standard InChI is InChI=1S/C23H33Cl3O4/c1-4-7-8-9-10-11-12-13-14-29-21(27)23(5-2,6-3)22(28)30-20-16-18(25)17(24)15-19(20)26/h15-16H,4-14H2,1-3H3. The fourth-order valence-electron chi connectivity index (χ4n) is 3.23. The monoisotopic (exact) mass is 478 g/mol. The fraction of sp³-hybridized carbons (Fsp3) is 0.652. The Bertz CT molecular complexity index is 687. The highest BCUT2D eigenvalue weighted by molar-refractivity contribution is 6.43. The number of carbonyl (C=O) groups is 2. The minimum atomic E-state index is -1.38. The van der Waals surface area contributed by atoms with Gasteiger partial charge in [0.05, 0.1) is 21.7 Å². The van der Waals surface area contributed by atoms with Gasteiger partial charge in [0.25, 0.3) is 0 Å². The van der Waals surface area contributed by atoms with E-state index < -0.39 is 17.4 Å². The van der Waals surface area contributed by atoms with Crippen LogP contribution in [0.3, 0.4) is 0 Å². The summed E-state index contributed by atoms with van der Waals surface area (Å²) in [6.45, 7) is 6.03. The highest BCUT2D eigenvalue weighted by Crippen LogP contribution is 2.37. The number of carbonyl (C=O) groups excluding carboxylic acids is 2. The quantitative estimate of drug-likeness (QED) is 0.0890. The second kappa shape index (κ2) is 14.2. The van der Waals surface area contributed by atoms with Crippen LogP contribution in [0, 0.1) is 5.41 Å². The van der Waals surface area contributed by atoms with E-state index in [1.807, 2.05) is 0 Å². The number of hydrogen-bond donors (Lipinski definition) is 0. The third-order valence-corrected chi connectivity index (χ3v) is 6.41. The number of ether oxygens (including phenoxy) is 2. The van der Waals surface area contributed by atoms with Crippen LogP contribution in [0.25, 0.3) is 0 Å². The highest BCUT2D eigenvalue weighted by Gasteiger charge is 2.46. The van der Waals surface area contributed by atoms with Crippen LogP contribution < -0.4 is 4.74 Å². The molecule has 0 aromatic heterocycles. The van der Waals surface area contributed by atoms with E-state index in [4.69, 9.17) is 44.3 Å². The zero-order valence-corrected chi connectivity index (χ0v) is 20.5. The van der Waals surface area contributed by atoms with Crippen molar-refractivity contribution in [1.82, 2.24) is 0 Å². The van der Waals surface area contributed by atoms with Crippen molar-refractivity contribution in [3.63, 3.8) is 0 Å². The molecular formula is C23H33Cl3O4. The molecule has 0 saturated heterocycles. The molecule has 30 heavy (non-hydrogen) atoms. The number of halogens is 3. The van der Waals surface area contributed by atoms with Gasteiger partial charge < -0.3 is 9.47 Å². The second-order valence-corrected chi connectivity index (χ2v) is 8.71. The van der Waals surface area contributed by atoms with E-state index in [2.05, 4.69) is 6.92 Å². The van der Waals surface area contributed by atoms with Crippen LogP contribution in [0.15, 0.2) is 12.1 Å². The molecule has 7 heteroatoms. The van der Waals surface area contributed by atoms with Gasteiger partial charge in [-0.2, -0.15) is 0 Å². The number of rotatable bonds is 14. The smallest absolute Gasteiger partial charge is 0.328 e. The topological polar surface area (TPSA) is 52.6 Å². The molecule has 0 heterocycles. The summed E-state index contributed by atoms with van der Waals surface area (Å²) in [7, 11) is 0. The Kier molecular flexibility index (Phi) is 12.8. The Morgan fingerprint density at radius 2 is 1.30 bits per heavy atom. The number of benzene rings is 1. The van der Waals surface area contributed by atoms with Crippen molar-refractivity contribution in [2.75, 3.05) is 6.61 Å². The molecule has 0 saturated carbocycles. The van der Waals surface area contributed by atoms with Crippen molar-refractivity contribution in [3.05, 3.63) is 27.2 Å². The van der Waals surface area contributed by atoms with Gasteiger partial charge in [-0.25, -0.2) is 0 Å². The average Bonchev–Trinajstić information content (AvgIpc) is 2.72. The first-order chi connectivity index (χ1) is 14.3. The second-order valence-electron chi connectivity index (χ2n) is 7.49. The lowest BCUT2D eigenvalue weighted by molar-refractivity contribution is -0.168. The van der Waals surface area contributed by atoms with Crippen LogP contribution >= 0.6 is 34.8 Å². The Balaban J connectivity index is 2.60. The van der Waals surface area contributed by atoms with Crippen molar-refractivity contribution in [1.29, 1.82) is 0 Å². The Morgan fingerprint density at radius 1 is 0.767 bits per heavy atom. The summed E-state index contributed by atoms with van der Waals surface area (Å²) in [5, 5.41) is 0.606. The molecule has 4 nitrogen and oxygen atoms in total. The van der Waals surface area contributed by atoms with Crippen molar-refractivity contribution < 1.29 is 19.1 Å². The Hall–Kier alpha value is -0.970. The summed E-state index contributed by atoms with van der Waals surface area (Å²) in [6, 6.07) is 2.76. The molecule has 170 valence electrons. The van der Waals surface area contributed by atoms with Gasteiger partial charge >= 0.3 is 11.9 Å². The van der Waals surface area contributed by atoms with Gasteiger partial charge in [-0.05, 0) is 25.3 Å². The number of hydrogen-bond acceptors (Lipinski definition) is 4. The van der Waals surface area contributed by atoms with Crippen molar-refractivity contribution in [2.45, 2.75) is 85.0 Å². The van der Waals surface area contributed by atoms with Gasteiger partial charge in [-0.15, -0.1) is 0 Å². The third-order valence-electron chi connectivity index (χ3n) is 5.40. The molecule has 0 N–H and O–H groups in total. The van der Waals surface area contributed by atoms with E-state index in [0.717, 1.165) is 19.3 Å². The first-order valence-corrected chi connectivity index (χ1v) is 12.0. The number of unbranched alkanes of at least 4 members (excludes halogenated alkanes) is 7. The summed E-state index contributed by atoms with van der Waals surface area (Å²) in [5.41, 5.74) is -1.38. The molecule has 0 aliphatic rings. The fourth-order valence-corrected chi connectivity index (χ4v) is 3.81. The van der Waals surface area contributed by atoms with Crippen LogP contribution in [0.5, 0.6) is 5.75 Å². The molecule has 1 rings (SSSR count). The molecule has 0 unspecified atom stereocenters. The maximum Gasteiger partial charge on any atom is 0.328 e. The highest BCUT2D eigenvalue weighted by atomic mass is 35.5. The van der Waals surface area contributed by atoms with E-state index >= 15 is 0 Å². The summed E-state index contributed by atoms with van der Waals surface area (Å²) >= 11 is 18.0. The van der Waals surface area contributed by atoms with Gasteiger partial charge in [0.2, 0.25) is 0 Å². The Labute approximate surface area is 195 Å². The van der Waals surface area contributed by atoms with E-state index in [9.17, 15) is 9.59 Å². The van der Waals surface area contributed by atoms with Crippen molar-refractivity contribution in [2.24, 2.45) is 5.41 Å². The van der Waals surface area contributed by atoms with Crippen LogP contribution in [0.4, 0.5) is 0 Å². The molecule has 0 aliphatic heterocycles. The molecule has 0 fully saturated rings. The lowest BCUT2D eigenvalue weighted by Gasteiger charge is -2.27. The van der Waals surface area contributed by atoms with Gasteiger partial charge in [0.15, 0.2) is 11.2 Å². The van der Waals surface area contributed by atoms with Crippen molar-refractivity contribution >= 4 is 46.7 Å². The van der Waals surface area contributed by atoms with Gasteiger partial charge in [0.1, 0.15) is 0 Å². The molecule has 1 aromatic carbocycles. The molecule has 0 amide bonds.